The van der Waals surface area contributed by atoms with Crippen molar-refractivity contribution >= 4 is 17.6 Å². The maximum Gasteiger partial charge on any atom is 0.326 e. The van der Waals surface area contributed by atoms with E-state index in [0.29, 0.717) is 11.6 Å². The highest BCUT2D eigenvalue weighted by molar-refractivity contribution is 5.83. The average Bonchev–Trinajstić information content (AvgIpc) is 2.37. The highest BCUT2D eigenvalue weighted by Crippen LogP contribution is 2.21. The maximum absolute atomic E-state index is 10.9. The summed E-state index contributed by atoms with van der Waals surface area (Å²) < 4.78 is 0. The van der Waals surface area contributed by atoms with E-state index in [2.05, 4.69) is 19.2 Å². The van der Waals surface area contributed by atoms with Crippen LogP contribution in [0.4, 0.5) is 5.69 Å². The summed E-state index contributed by atoms with van der Waals surface area (Å²) >= 11 is 0. The zero-order chi connectivity index (χ0) is 14.4. The normalized spacial score (nSPS) is 13.6. The second-order valence-corrected chi connectivity index (χ2v) is 4.56. The standard InChI is InChI=1S/C14H19NO4/c1-3-9(2)10-4-6-11(7-5-10)15-12(14(18)19)8-13(16)17/h4-7,9,12,15H,3,8H2,1-2H3,(H,16,17)(H,18,19). The molecule has 0 aromatic heterocycles. The van der Waals surface area contributed by atoms with Gasteiger partial charge >= 0.3 is 11.9 Å². The Morgan fingerprint density at radius 1 is 1.21 bits per heavy atom. The van der Waals surface area contributed by atoms with Crippen LogP contribution in [0.3, 0.4) is 0 Å². The van der Waals surface area contributed by atoms with E-state index in [1.165, 1.54) is 5.56 Å². The molecule has 0 spiro atoms. The number of carboxylic acids is 2. The molecular formula is C14H19NO4. The second kappa shape index (κ2) is 6.78. The number of nitrogens with one attached hydrogen (secondary N) is 1. The van der Waals surface area contributed by atoms with Gasteiger partial charge in [-0.1, -0.05) is 26.0 Å². The summed E-state index contributed by atoms with van der Waals surface area (Å²) in [5.41, 5.74) is 1.79. The average molecular weight is 265 g/mol. The highest BCUT2D eigenvalue weighted by atomic mass is 16.4. The molecule has 19 heavy (non-hydrogen) atoms. The second-order valence-electron chi connectivity index (χ2n) is 4.56. The van der Waals surface area contributed by atoms with Gasteiger partial charge in [0.2, 0.25) is 0 Å². The van der Waals surface area contributed by atoms with Crippen LogP contribution >= 0.6 is 0 Å². The molecule has 104 valence electrons. The third-order valence-corrected chi connectivity index (χ3v) is 3.11. The molecule has 5 nitrogen and oxygen atoms in total. The largest absolute Gasteiger partial charge is 0.481 e. The molecule has 0 aliphatic carbocycles. The van der Waals surface area contributed by atoms with Crippen molar-refractivity contribution in [2.75, 3.05) is 5.32 Å². The number of benzene rings is 1. The molecule has 0 bridgehead atoms. The van der Waals surface area contributed by atoms with Gasteiger partial charge in [0.25, 0.3) is 0 Å². The van der Waals surface area contributed by atoms with Crippen molar-refractivity contribution in [1.82, 2.24) is 0 Å². The molecule has 1 aromatic carbocycles. The minimum atomic E-state index is -1.17. The van der Waals surface area contributed by atoms with Crippen LogP contribution < -0.4 is 5.32 Å². The summed E-state index contributed by atoms with van der Waals surface area (Å²) in [6, 6.07) is 6.29. The smallest absolute Gasteiger partial charge is 0.326 e. The maximum atomic E-state index is 10.9. The van der Waals surface area contributed by atoms with Crippen LogP contribution in [0.5, 0.6) is 0 Å². The molecule has 0 amide bonds. The Hall–Kier alpha value is -2.04. The van der Waals surface area contributed by atoms with Crippen LogP contribution in [0.15, 0.2) is 24.3 Å². The van der Waals surface area contributed by atoms with Crippen LogP contribution in [0.1, 0.15) is 38.2 Å². The molecular weight excluding hydrogens is 246 g/mol. The lowest BCUT2D eigenvalue weighted by Crippen LogP contribution is -2.31. The lowest BCUT2D eigenvalue weighted by molar-refractivity contribution is -0.144. The summed E-state index contributed by atoms with van der Waals surface area (Å²) in [5.74, 6) is -1.87. The van der Waals surface area contributed by atoms with Gasteiger partial charge in [-0.25, -0.2) is 4.79 Å². The van der Waals surface area contributed by atoms with Crippen LogP contribution in [-0.2, 0) is 9.59 Å². The van der Waals surface area contributed by atoms with Crippen molar-refractivity contribution in [2.24, 2.45) is 0 Å². The van der Waals surface area contributed by atoms with E-state index in [1.807, 2.05) is 12.1 Å². The van der Waals surface area contributed by atoms with E-state index in [0.717, 1.165) is 6.42 Å². The first-order chi connectivity index (χ1) is 8.93. The zero-order valence-corrected chi connectivity index (χ0v) is 11.1. The van der Waals surface area contributed by atoms with Crippen molar-refractivity contribution in [3.63, 3.8) is 0 Å². The van der Waals surface area contributed by atoms with Crippen LogP contribution in [0.2, 0.25) is 0 Å². The molecule has 2 unspecified atom stereocenters. The van der Waals surface area contributed by atoms with Gasteiger partial charge in [-0.3, -0.25) is 4.79 Å². The third-order valence-electron chi connectivity index (χ3n) is 3.11. The molecule has 0 saturated carbocycles. The Balaban J connectivity index is 2.75. The van der Waals surface area contributed by atoms with Crippen LogP contribution in [-0.4, -0.2) is 28.2 Å². The van der Waals surface area contributed by atoms with Crippen LogP contribution in [0, 0.1) is 0 Å². The summed E-state index contributed by atoms with van der Waals surface area (Å²) in [6.07, 6.45) is 0.575. The predicted octanol–water partition coefficient (Wildman–Crippen LogP) is 2.54. The fourth-order valence-electron chi connectivity index (χ4n) is 1.72. The SMILES string of the molecule is CCC(C)c1ccc(NC(CC(=O)O)C(=O)O)cc1. The van der Waals surface area contributed by atoms with Gasteiger partial charge < -0.3 is 15.5 Å². The number of rotatable bonds is 7. The Morgan fingerprint density at radius 3 is 2.21 bits per heavy atom. The van der Waals surface area contributed by atoms with Crippen LogP contribution in [0.25, 0.3) is 0 Å². The number of anilines is 1. The fraction of sp³-hybridized carbons (Fsp3) is 0.429. The zero-order valence-electron chi connectivity index (χ0n) is 11.1. The molecule has 1 aromatic rings. The van der Waals surface area contributed by atoms with Gasteiger partial charge in [0, 0.05) is 5.69 Å². The number of hydrogen-bond donors (Lipinski definition) is 3. The molecule has 1 rings (SSSR count). The van der Waals surface area contributed by atoms with Crippen molar-refractivity contribution in [2.45, 2.75) is 38.6 Å². The van der Waals surface area contributed by atoms with Crippen molar-refractivity contribution in [3.8, 4) is 0 Å². The van der Waals surface area contributed by atoms with E-state index < -0.39 is 24.4 Å². The van der Waals surface area contributed by atoms with Crippen molar-refractivity contribution in [3.05, 3.63) is 29.8 Å². The minimum Gasteiger partial charge on any atom is -0.481 e. The third kappa shape index (κ3) is 4.62. The summed E-state index contributed by atoms with van der Waals surface area (Å²) in [7, 11) is 0. The Morgan fingerprint density at radius 2 is 1.79 bits per heavy atom. The first-order valence-corrected chi connectivity index (χ1v) is 6.25. The quantitative estimate of drug-likeness (QED) is 0.705. The molecule has 2 atom stereocenters. The Labute approximate surface area is 112 Å². The van der Waals surface area contributed by atoms with Gasteiger partial charge in [-0.05, 0) is 30.0 Å². The predicted molar refractivity (Wildman–Crippen MR) is 72.4 cm³/mol. The number of hydrogen-bond acceptors (Lipinski definition) is 3. The monoisotopic (exact) mass is 265 g/mol. The first-order valence-electron chi connectivity index (χ1n) is 6.25. The van der Waals surface area contributed by atoms with Gasteiger partial charge in [0.05, 0.1) is 6.42 Å². The fourth-order valence-corrected chi connectivity index (χ4v) is 1.72. The van der Waals surface area contributed by atoms with E-state index in [9.17, 15) is 9.59 Å². The summed E-state index contributed by atoms with van der Waals surface area (Å²) in [6.45, 7) is 4.22. The van der Waals surface area contributed by atoms with Crippen molar-refractivity contribution < 1.29 is 19.8 Å². The lowest BCUT2D eigenvalue weighted by Gasteiger charge is -2.15. The summed E-state index contributed by atoms with van der Waals surface area (Å²) in [4.78, 5) is 21.5. The molecule has 0 saturated heterocycles. The first kappa shape index (κ1) is 15.0. The van der Waals surface area contributed by atoms with Gasteiger partial charge in [0.1, 0.15) is 6.04 Å². The Kier molecular flexibility index (Phi) is 5.36. The van der Waals surface area contributed by atoms with E-state index in [4.69, 9.17) is 10.2 Å². The van der Waals surface area contributed by atoms with Gasteiger partial charge in [-0.15, -0.1) is 0 Å². The van der Waals surface area contributed by atoms with Gasteiger partial charge in [-0.2, -0.15) is 0 Å². The molecule has 5 heteroatoms. The number of carboxylic acid groups (broad SMARTS) is 2. The lowest BCUT2D eigenvalue weighted by atomic mass is 9.98. The van der Waals surface area contributed by atoms with E-state index in [-0.39, 0.29) is 0 Å². The minimum absolute atomic E-state index is 0.448. The summed E-state index contributed by atoms with van der Waals surface area (Å²) in [5, 5.41) is 20.3. The number of aliphatic carboxylic acids is 2. The Bertz CT molecular complexity index is 441. The molecule has 0 heterocycles. The van der Waals surface area contributed by atoms with Crippen molar-refractivity contribution in [1.29, 1.82) is 0 Å². The molecule has 3 N–H and O–H groups in total. The van der Waals surface area contributed by atoms with Gasteiger partial charge in [0.15, 0.2) is 0 Å². The van der Waals surface area contributed by atoms with E-state index in [1.54, 1.807) is 12.1 Å². The number of carbonyl (C=O) groups is 2. The highest BCUT2D eigenvalue weighted by Gasteiger charge is 2.20. The molecule has 0 aliphatic rings. The van der Waals surface area contributed by atoms with E-state index >= 15 is 0 Å². The molecule has 0 fully saturated rings. The molecule has 0 aliphatic heterocycles. The molecule has 0 radical (unpaired) electrons. The topological polar surface area (TPSA) is 86.6 Å².